The van der Waals surface area contributed by atoms with E-state index in [1.165, 1.54) is 5.56 Å². The van der Waals surface area contributed by atoms with E-state index >= 15 is 0 Å². The first kappa shape index (κ1) is 21.6. The minimum absolute atomic E-state index is 0. The first-order valence-corrected chi connectivity index (χ1v) is 8.25. The van der Waals surface area contributed by atoms with Crippen LogP contribution in [0.3, 0.4) is 0 Å². The molecule has 6 heteroatoms. The molecule has 0 bridgehead atoms. The van der Waals surface area contributed by atoms with Crippen molar-refractivity contribution in [2.45, 2.75) is 33.4 Å². The summed E-state index contributed by atoms with van der Waals surface area (Å²) in [6.07, 6.45) is 1.95. The van der Waals surface area contributed by atoms with Crippen molar-refractivity contribution >= 4 is 40.8 Å². The third kappa shape index (κ3) is 6.11. The Hall–Kier alpha value is -1.41. The lowest BCUT2D eigenvalue weighted by molar-refractivity contribution is 0.0205. The smallest absolute Gasteiger partial charge is 0.191 e. The molecule has 1 heterocycles. The number of aliphatic imine (C=N–C) groups is 1. The van der Waals surface area contributed by atoms with Gasteiger partial charge in [-0.25, -0.2) is 0 Å². The van der Waals surface area contributed by atoms with Crippen LogP contribution in [0, 0.1) is 5.41 Å². The molecule has 1 aromatic carbocycles. The van der Waals surface area contributed by atoms with Crippen LogP contribution in [-0.4, -0.2) is 37.7 Å². The predicted octanol–water partition coefficient (Wildman–Crippen LogP) is 3.58. The molecule has 2 N–H and O–H groups in total. The number of hydrogen-bond donors (Lipinski definition) is 2. The molecule has 5 nitrogen and oxygen atoms in total. The largest absolute Gasteiger partial charge is 0.379 e. The predicted molar refractivity (Wildman–Crippen MR) is 116 cm³/mol. The summed E-state index contributed by atoms with van der Waals surface area (Å²) in [5.41, 5.74) is 2.27. The molecule has 0 aliphatic rings. The summed E-state index contributed by atoms with van der Waals surface area (Å²) in [4.78, 5) is 8.69. The van der Waals surface area contributed by atoms with Gasteiger partial charge in [-0.15, -0.1) is 24.0 Å². The lowest BCUT2D eigenvalue weighted by atomic mass is 9.89. The molecule has 0 radical (unpaired) electrons. The molecule has 0 saturated heterocycles. The maximum absolute atomic E-state index is 5.58. The van der Waals surface area contributed by atoms with Crippen molar-refractivity contribution in [2.75, 3.05) is 20.7 Å². The van der Waals surface area contributed by atoms with Gasteiger partial charge in [-0.1, -0.05) is 39.0 Å². The van der Waals surface area contributed by atoms with Crippen LogP contribution in [-0.2, 0) is 11.3 Å². The minimum Gasteiger partial charge on any atom is -0.379 e. The fourth-order valence-electron chi connectivity index (χ4n) is 2.64. The maximum Gasteiger partial charge on any atom is 0.191 e. The van der Waals surface area contributed by atoms with Gasteiger partial charge in [-0.2, -0.15) is 0 Å². The monoisotopic (exact) mass is 456 g/mol. The van der Waals surface area contributed by atoms with Gasteiger partial charge in [0.25, 0.3) is 0 Å². The van der Waals surface area contributed by atoms with E-state index in [0.29, 0.717) is 13.1 Å². The number of ether oxygens (including phenoxy) is 1. The molecule has 0 aliphatic carbocycles. The molecule has 25 heavy (non-hydrogen) atoms. The van der Waals surface area contributed by atoms with Crippen molar-refractivity contribution in [1.82, 2.24) is 15.6 Å². The van der Waals surface area contributed by atoms with E-state index in [1.54, 1.807) is 14.2 Å². The summed E-state index contributed by atoms with van der Waals surface area (Å²) in [6.45, 7) is 7.90. The Bertz CT molecular complexity index is 692. The van der Waals surface area contributed by atoms with E-state index in [0.717, 1.165) is 16.9 Å². The number of benzene rings is 1. The summed E-state index contributed by atoms with van der Waals surface area (Å²) >= 11 is 0. The van der Waals surface area contributed by atoms with Gasteiger partial charge >= 0.3 is 0 Å². The number of rotatable bonds is 5. The van der Waals surface area contributed by atoms with Crippen LogP contribution in [0.5, 0.6) is 0 Å². The average Bonchev–Trinajstić information content (AvgIpc) is 2.57. The Labute approximate surface area is 167 Å². The first-order valence-electron chi connectivity index (χ1n) is 8.25. The normalized spacial score (nSPS) is 13.2. The van der Waals surface area contributed by atoms with Crippen LogP contribution in [0.15, 0.2) is 41.5 Å². The zero-order valence-corrected chi connectivity index (χ0v) is 18.0. The molecular formula is C19H29IN4O. The number of nitrogens with zero attached hydrogens (tertiary/aromatic N) is 2. The molecule has 2 rings (SSSR count). The van der Waals surface area contributed by atoms with Gasteiger partial charge in [0.1, 0.15) is 0 Å². The Morgan fingerprint density at radius 2 is 1.92 bits per heavy atom. The number of hydrogen-bond acceptors (Lipinski definition) is 3. The highest BCUT2D eigenvalue weighted by Gasteiger charge is 2.24. The molecule has 1 atom stereocenters. The van der Waals surface area contributed by atoms with E-state index in [4.69, 9.17) is 4.74 Å². The van der Waals surface area contributed by atoms with E-state index in [2.05, 4.69) is 47.4 Å². The van der Waals surface area contributed by atoms with Gasteiger partial charge < -0.3 is 15.4 Å². The summed E-state index contributed by atoms with van der Waals surface area (Å²) in [5.74, 6) is 0.766. The highest BCUT2D eigenvalue weighted by Crippen LogP contribution is 2.21. The van der Waals surface area contributed by atoms with Crippen LogP contribution in [0.4, 0.5) is 0 Å². The number of pyridine rings is 1. The molecular weight excluding hydrogens is 427 g/mol. The lowest BCUT2D eigenvalue weighted by Crippen LogP contribution is -2.45. The summed E-state index contributed by atoms with van der Waals surface area (Å²) < 4.78 is 5.58. The van der Waals surface area contributed by atoms with Crippen molar-refractivity contribution in [2.24, 2.45) is 10.4 Å². The summed E-state index contributed by atoms with van der Waals surface area (Å²) in [6, 6.07) is 10.2. The average molecular weight is 456 g/mol. The summed E-state index contributed by atoms with van der Waals surface area (Å²) in [7, 11) is 3.52. The SMILES string of the molecule is CN=C(NCc1ccnc2ccccc12)NCC(OC)C(C)(C)C.I. The number of nitrogens with one attached hydrogen (secondary N) is 2. The highest BCUT2D eigenvalue weighted by atomic mass is 127. The van der Waals surface area contributed by atoms with E-state index in [-0.39, 0.29) is 35.5 Å². The Kier molecular flexibility index (Phi) is 8.58. The van der Waals surface area contributed by atoms with Crippen molar-refractivity contribution in [3.05, 3.63) is 42.1 Å². The molecule has 138 valence electrons. The number of halogens is 1. The minimum atomic E-state index is 0. The molecule has 0 amide bonds. The fraction of sp³-hybridized carbons (Fsp3) is 0.474. The van der Waals surface area contributed by atoms with Gasteiger partial charge in [0, 0.05) is 38.8 Å². The van der Waals surface area contributed by atoms with Crippen LogP contribution in [0.2, 0.25) is 0 Å². The number of para-hydroxylation sites is 1. The van der Waals surface area contributed by atoms with Crippen LogP contribution in [0.1, 0.15) is 26.3 Å². The molecule has 0 saturated carbocycles. The van der Waals surface area contributed by atoms with Crippen LogP contribution >= 0.6 is 24.0 Å². The second-order valence-corrected chi connectivity index (χ2v) is 6.88. The lowest BCUT2D eigenvalue weighted by Gasteiger charge is -2.30. The van der Waals surface area contributed by atoms with Crippen LogP contribution < -0.4 is 10.6 Å². The fourth-order valence-corrected chi connectivity index (χ4v) is 2.64. The Morgan fingerprint density at radius 1 is 1.20 bits per heavy atom. The molecule has 1 aromatic heterocycles. The topological polar surface area (TPSA) is 58.5 Å². The van der Waals surface area contributed by atoms with Gasteiger partial charge in [0.05, 0.1) is 11.6 Å². The second-order valence-electron chi connectivity index (χ2n) is 6.88. The van der Waals surface area contributed by atoms with Gasteiger partial charge in [-0.3, -0.25) is 9.98 Å². The van der Waals surface area contributed by atoms with E-state index < -0.39 is 0 Å². The van der Waals surface area contributed by atoms with E-state index in [1.807, 2.05) is 30.5 Å². The molecule has 1 unspecified atom stereocenters. The van der Waals surface area contributed by atoms with Crippen LogP contribution in [0.25, 0.3) is 10.9 Å². The zero-order chi connectivity index (χ0) is 17.6. The quantitative estimate of drug-likeness (QED) is 0.410. The number of methoxy groups -OCH3 is 1. The Balaban J connectivity index is 0.00000312. The highest BCUT2D eigenvalue weighted by molar-refractivity contribution is 14.0. The number of aromatic nitrogens is 1. The number of guanidine groups is 1. The molecule has 2 aromatic rings. The van der Waals surface area contributed by atoms with Gasteiger partial charge in [0.2, 0.25) is 0 Å². The van der Waals surface area contributed by atoms with Gasteiger partial charge in [0.15, 0.2) is 5.96 Å². The van der Waals surface area contributed by atoms with Crippen molar-refractivity contribution in [3.63, 3.8) is 0 Å². The number of fused-ring (bicyclic) bond motifs is 1. The first-order chi connectivity index (χ1) is 11.5. The Morgan fingerprint density at radius 3 is 2.56 bits per heavy atom. The zero-order valence-electron chi connectivity index (χ0n) is 15.7. The standard InChI is InChI=1S/C19H28N4O.HI/c1-19(2,3)17(24-5)13-23-18(20-4)22-12-14-10-11-21-16-9-7-6-8-15(14)16;/h6-11,17H,12-13H2,1-5H3,(H2,20,22,23);1H. The van der Waals surface area contributed by atoms with E-state index in [9.17, 15) is 0 Å². The maximum atomic E-state index is 5.58. The van der Waals surface area contributed by atoms with Crippen molar-refractivity contribution in [3.8, 4) is 0 Å². The molecule has 0 fully saturated rings. The van der Waals surface area contributed by atoms with Crippen molar-refractivity contribution in [1.29, 1.82) is 0 Å². The molecule has 0 spiro atoms. The van der Waals surface area contributed by atoms with Gasteiger partial charge in [-0.05, 0) is 23.1 Å². The molecule has 0 aliphatic heterocycles. The third-order valence-corrected chi connectivity index (χ3v) is 4.11. The second kappa shape index (κ2) is 9.91. The summed E-state index contributed by atoms with van der Waals surface area (Å²) in [5, 5.41) is 7.87. The third-order valence-electron chi connectivity index (χ3n) is 4.11. The van der Waals surface area contributed by atoms with Crippen molar-refractivity contribution < 1.29 is 4.74 Å².